The molecule has 0 aliphatic heterocycles. The Morgan fingerprint density at radius 1 is 1.07 bits per heavy atom. The first-order valence-electron chi connectivity index (χ1n) is 8.95. The van der Waals surface area contributed by atoms with E-state index in [1.807, 2.05) is 25.1 Å². The topological polar surface area (TPSA) is 63.4 Å². The summed E-state index contributed by atoms with van der Waals surface area (Å²) in [7, 11) is 0. The van der Waals surface area contributed by atoms with Gasteiger partial charge >= 0.3 is 0 Å². The molecule has 0 unspecified atom stereocenters. The molecule has 0 aliphatic carbocycles. The van der Waals surface area contributed by atoms with Crippen LogP contribution in [0.25, 0.3) is 5.78 Å². The van der Waals surface area contributed by atoms with Crippen LogP contribution >= 0.6 is 11.6 Å². The molecule has 8 heteroatoms. The molecule has 1 amide bonds. The van der Waals surface area contributed by atoms with Gasteiger partial charge in [-0.1, -0.05) is 41.9 Å². The predicted octanol–water partition coefficient (Wildman–Crippen LogP) is 4.38. The number of aryl methyl sites for hydroxylation is 2. The molecular weight excluding hydrogens is 393 g/mol. The van der Waals surface area contributed by atoms with E-state index in [0.717, 1.165) is 0 Å². The lowest BCUT2D eigenvalue weighted by molar-refractivity contribution is 0.0980. The highest BCUT2D eigenvalue weighted by Gasteiger charge is 2.23. The quantitative estimate of drug-likeness (QED) is 0.501. The van der Waals surface area contributed by atoms with Crippen molar-refractivity contribution in [1.82, 2.24) is 19.6 Å². The molecule has 2 aromatic heterocycles. The van der Waals surface area contributed by atoms with Crippen LogP contribution in [0.15, 0.2) is 54.6 Å². The maximum absolute atomic E-state index is 14.3. The minimum Gasteiger partial charge on any atom is -0.301 e. The third kappa shape index (κ3) is 3.56. The summed E-state index contributed by atoms with van der Waals surface area (Å²) in [5, 5.41) is 4.96. The number of anilines is 1. The van der Waals surface area contributed by atoms with Crippen LogP contribution in [-0.2, 0) is 6.54 Å². The van der Waals surface area contributed by atoms with E-state index in [-0.39, 0.29) is 12.1 Å². The Balaban J connectivity index is 1.77. The molecule has 0 atom stereocenters. The highest BCUT2D eigenvalue weighted by atomic mass is 35.5. The van der Waals surface area contributed by atoms with Gasteiger partial charge in [0.05, 0.1) is 28.5 Å². The zero-order chi connectivity index (χ0) is 20.5. The summed E-state index contributed by atoms with van der Waals surface area (Å²) < 4.78 is 15.8. The zero-order valence-corrected chi connectivity index (χ0v) is 16.6. The molecule has 29 heavy (non-hydrogen) atoms. The lowest BCUT2D eigenvalue weighted by Gasteiger charge is -2.21. The lowest BCUT2D eigenvalue weighted by atomic mass is 10.1. The van der Waals surface area contributed by atoms with Gasteiger partial charge in [-0.25, -0.2) is 9.37 Å². The molecule has 6 nitrogen and oxygen atoms in total. The zero-order valence-electron chi connectivity index (χ0n) is 15.8. The van der Waals surface area contributed by atoms with Gasteiger partial charge in [-0.05, 0) is 38.1 Å². The summed E-state index contributed by atoms with van der Waals surface area (Å²) in [5.41, 5.74) is 1.95. The number of para-hydroxylation sites is 1. The summed E-state index contributed by atoms with van der Waals surface area (Å²) in [5.74, 6) is -0.296. The minimum atomic E-state index is -0.582. The summed E-state index contributed by atoms with van der Waals surface area (Å²) in [6, 6.07) is 14.9. The van der Waals surface area contributed by atoms with E-state index < -0.39 is 11.7 Å². The van der Waals surface area contributed by atoms with Crippen LogP contribution in [-0.4, -0.2) is 25.5 Å². The van der Waals surface area contributed by atoms with Crippen molar-refractivity contribution in [3.05, 3.63) is 88.2 Å². The van der Waals surface area contributed by atoms with E-state index >= 15 is 0 Å². The Morgan fingerprint density at radius 3 is 2.48 bits per heavy atom. The summed E-state index contributed by atoms with van der Waals surface area (Å²) >= 11 is 6.26. The number of carbonyl (C=O) groups excluding carboxylic acids is 1. The number of fused-ring (bicyclic) bond motifs is 1. The van der Waals surface area contributed by atoms with Crippen molar-refractivity contribution in [2.45, 2.75) is 20.4 Å². The van der Waals surface area contributed by atoms with Crippen LogP contribution in [0.1, 0.15) is 27.6 Å². The Labute approximate surface area is 171 Å². The molecule has 0 radical (unpaired) electrons. The molecule has 4 rings (SSSR count). The van der Waals surface area contributed by atoms with Gasteiger partial charge in [0, 0.05) is 5.69 Å². The third-order valence-corrected chi connectivity index (χ3v) is 5.12. The van der Waals surface area contributed by atoms with Crippen LogP contribution in [0.5, 0.6) is 0 Å². The first-order valence-corrected chi connectivity index (χ1v) is 9.33. The van der Waals surface area contributed by atoms with Crippen molar-refractivity contribution < 1.29 is 9.18 Å². The normalized spacial score (nSPS) is 11.0. The van der Waals surface area contributed by atoms with Gasteiger partial charge in [0.15, 0.2) is 5.82 Å². The molecule has 146 valence electrons. The molecule has 0 spiro atoms. The average Bonchev–Trinajstić information content (AvgIpc) is 3.13. The van der Waals surface area contributed by atoms with Crippen molar-refractivity contribution in [2.75, 3.05) is 4.90 Å². The van der Waals surface area contributed by atoms with E-state index in [1.54, 1.807) is 35.7 Å². The smallest absolute Gasteiger partial charge is 0.261 e. The number of hydrogen-bond acceptors (Lipinski definition) is 4. The lowest BCUT2D eigenvalue weighted by Crippen LogP contribution is -2.31. The van der Waals surface area contributed by atoms with Crippen molar-refractivity contribution in [3.63, 3.8) is 0 Å². The van der Waals surface area contributed by atoms with Gasteiger partial charge in [0.1, 0.15) is 5.82 Å². The molecule has 0 saturated carbocycles. The molecule has 0 N–H and O–H groups in total. The van der Waals surface area contributed by atoms with Gasteiger partial charge in [-0.3, -0.25) is 4.79 Å². The Kier molecular flexibility index (Phi) is 4.98. The largest absolute Gasteiger partial charge is 0.301 e. The number of amides is 1. The molecule has 2 heterocycles. The minimum absolute atomic E-state index is 0.0201. The SMILES string of the molecule is Cc1nc2nc(CN(C(=O)c3ccccc3F)c3ccccc3)nn2c(C)c1Cl. The number of aromatic nitrogens is 4. The van der Waals surface area contributed by atoms with Crippen LogP contribution in [0, 0.1) is 19.7 Å². The number of carbonyl (C=O) groups is 1. The second-order valence-electron chi connectivity index (χ2n) is 6.54. The number of nitrogens with zero attached hydrogens (tertiary/aromatic N) is 5. The van der Waals surface area contributed by atoms with Crippen molar-refractivity contribution in [1.29, 1.82) is 0 Å². The van der Waals surface area contributed by atoms with E-state index in [2.05, 4.69) is 15.1 Å². The number of halogens is 2. The second kappa shape index (κ2) is 7.60. The van der Waals surface area contributed by atoms with E-state index in [0.29, 0.717) is 33.7 Å². The summed E-state index contributed by atoms with van der Waals surface area (Å²) in [6.45, 7) is 3.67. The molecule has 2 aromatic carbocycles. The fourth-order valence-corrected chi connectivity index (χ4v) is 3.20. The Bertz CT molecular complexity index is 1210. The number of benzene rings is 2. The van der Waals surface area contributed by atoms with E-state index in [9.17, 15) is 9.18 Å². The molecule has 0 bridgehead atoms. The first-order chi connectivity index (χ1) is 14.0. The standard InChI is InChI=1S/C21H17ClFN5O/c1-13-19(22)14(2)28-21(24-13)25-18(26-28)12-27(15-8-4-3-5-9-15)20(29)16-10-6-7-11-17(16)23/h3-11H,12H2,1-2H3. The van der Waals surface area contributed by atoms with Gasteiger partial charge in [-0.15, -0.1) is 5.10 Å². The Morgan fingerprint density at radius 2 is 1.76 bits per heavy atom. The third-order valence-electron chi connectivity index (χ3n) is 4.57. The molecule has 0 saturated heterocycles. The van der Waals surface area contributed by atoms with Gasteiger partial charge in [0.2, 0.25) is 0 Å². The maximum atomic E-state index is 14.3. The number of hydrogen-bond donors (Lipinski definition) is 0. The van der Waals surface area contributed by atoms with Crippen molar-refractivity contribution in [3.8, 4) is 0 Å². The molecular formula is C21H17ClFN5O. The van der Waals surface area contributed by atoms with Crippen LogP contribution in [0.4, 0.5) is 10.1 Å². The monoisotopic (exact) mass is 409 g/mol. The van der Waals surface area contributed by atoms with Gasteiger partial charge < -0.3 is 4.90 Å². The molecule has 0 aliphatic rings. The fourth-order valence-electron chi connectivity index (χ4n) is 3.07. The second-order valence-corrected chi connectivity index (χ2v) is 6.92. The number of rotatable bonds is 4. The predicted molar refractivity (Wildman–Crippen MR) is 109 cm³/mol. The summed E-state index contributed by atoms with van der Waals surface area (Å²) in [6.07, 6.45) is 0. The maximum Gasteiger partial charge on any atom is 0.261 e. The van der Waals surface area contributed by atoms with Crippen LogP contribution in [0.2, 0.25) is 5.02 Å². The van der Waals surface area contributed by atoms with Crippen molar-refractivity contribution in [2.24, 2.45) is 0 Å². The van der Waals surface area contributed by atoms with E-state index in [1.165, 1.54) is 17.0 Å². The van der Waals surface area contributed by atoms with E-state index in [4.69, 9.17) is 11.6 Å². The van der Waals surface area contributed by atoms with Crippen molar-refractivity contribution >= 4 is 29.0 Å². The fraction of sp³-hybridized carbons (Fsp3) is 0.143. The highest BCUT2D eigenvalue weighted by molar-refractivity contribution is 6.31. The van der Waals surface area contributed by atoms with Gasteiger partial charge in [0.25, 0.3) is 11.7 Å². The van der Waals surface area contributed by atoms with Crippen LogP contribution < -0.4 is 4.90 Å². The Hall–Kier alpha value is -3.32. The summed E-state index contributed by atoms with van der Waals surface area (Å²) in [4.78, 5) is 23.4. The average molecular weight is 410 g/mol. The first kappa shape index (κ1) is 19.0. The van der Waals surface area contributed by atoms with Crippen LogP contribution in [0.3, 0.4) is 0 Å². The van der Waals surface area contributed by atoms with Gasteiger partial charge in [-0.2, -0.15) is 9.50 Å². The molecule has 4 aromatic rings. The molecule has 0 fully saturated rings. The highest BCUT2D eigenvalue weighted by Crippen LogP contribution is 2.22.